The third-order valence-corrected chi connectivity index (χ3v) is 6.65. The van der Waals surface area contributed by atoms with E-state index in [9.17, 15) is 9.59 Å². The highest BCUT2D eigenvalue weighted by molar-refractivity contribution is 6.30. The molecule has 4 bridgehead atoms. The SMILES string of the molecule is CN(CC(=O)Nc1ccc(Cl)cc1)CC(=O)NC12CC3CC(CC(C3)C1)C2. The maximum absolute atomic E-state index is 12.6. The van der Waals surface area contributed by atoms with Crippen molar-refractivity contribution >= 4 is 29.1 Å². The van der Waals surface area contributed by atoms with Gasteiger partial charge in [-0.2, -0.15) is 0 Å². The van der Waals surface area contributed by atoms with Crippen LogP contribution in [0.2, 0.25) is 5.02 Å². The third-order valence-electron chi connectivity index (χ3n) is 6.40. The number of rotatable bonds is 6. The second-order valence-corrected chi connectivity index (χ2v) is 9.41. The molecule has 2 amide bonds. The molecule has 1 aromatic carbocycles. The van der Waals surface area contributed by atoms with Crippen molar-refractivity contribution in [1.82, 2.24) is 10.2 Å². The first-order chi connectivity index (χ1) is 12.9. The molecule has 0 saturated heterocycles. The van der Waals surface area contributed by atoms with E-state index in [0.29, 0.717) is 10.7 Å². The van der Waals surface area contributed by atoms with Gasteiger partial charge in [0.1, 0.15) is 0 Å². The molecule has 0 radical (unpaired) electrons. The third kappa shape index (κ3) is 4.46. The van der Waals surface area contributed by atoms with Crippen molar-refractivity contribution in [3.05, 3.63) is 29.3 Å². The molecule has 6 heteroatoms. The molecule has 1 aromatic rings. The van der Waals surface area contributed by atoms with Gasteiger partial charge in [0, 0.05) is 16.2 Å². The number of carbonyl (C=O) groups is 2. The van der Waals surface area contributed by atoms with Gasteiger partial charge in [-0.1, -0.05) is 11.6 Å². The van der Waals surface area contributed by atoms with Crippen LogP contribution in [0.1, 0.15) is 38.5 Å². The maximum atomic E-state index is 12.6. The molecule has 0 heterocycles. The minimum atomic E-state index is -0.137. The summed E-state index contributed by atoms with van der Waals surface area (Å²) in [4.78, 5) is 26.6. The van der Waals surface area contributed by atoms with Gasteiger partial charge in [-0.3, -0.25) is 14.5 Å². The Labute approximate surface area is 165 Å². The fourth-order valence-electron chi connectivity index (χ4n) is 5.88. The molecule has 0 spiro atoms. The number of anilines is 1. The molecule has 4 aliphatic carbocycles. The van der Waals surface area contributed by atoms with Crippen molar-refractivity contribution in [3.8, 4) is 0 Å². The number of nitrogens with zero attached hydrogens (tertiary/aromatic N) is 1. The van der Waals surface area contributed by atoms with Crippen LogP contribution in [0, 0.1) is 17.8 Å². The van der Waals surface area contributed by atoms with Crippen LogP contribution in [0.5, 0.6) is 0 Å². The molecule has 2 N–H and O–H groups in total. The summed E-state index contributed by atoms with van der Waals surface area (Å²) in [7, 11) is 1.81. The largest absolute Gasteiger partial charge is 0.350 e. The summed E-state index contributed by atoms with van der Waals surface area (Å²) in [6.07, 6.45) is 7.52. The first kappa shape index (κ1) is 18.8. The molecule has 4 saturated carbocycles. The predicted molar refractivity (Wildman–Crippen MR) is 107 cm³/mol. The van der Waals surface area contributed by atoms with Crippen LogP contribution in [-0.2, 0) is 9.59 Å². The summed E-state index contributed by atoms with van der Waals surface area (Å²) in [6, 6.07) is 7.00. The molecule has 0 aliphatic heterocycles. The average Bonchev–Trinajstić information content (AvgIpc) is 2.54. The van der Waals surface area contributed by atoms with Gasteiger partial charge in [-0.05, 0) is 87.6 Å². The Bertz CT molecular complexity index is 683. The second kappa shape index (κ2) is 7.44. The van der Waals surface area contributed by atoms with E-state index in [1.54, 1.807) is 36.2 Å². The topological polar surface area (TPSA) is 61.4 Å². The lowest BCUT2D eigenvalue weighted by Gasteiger charge is -2.57. The quantitative estimate of drug-likeness (QED) is 0.784. The van der Waals surface area contributed by atoms with Gasteiger partial charge in [-0.15, -0.1) is 0 Å². The summed E-state index contributed by atoms with van der Waals surface area (Å²) in [5.41, 5.74) is 0.730. The van der Waals surface area contributed by atoms with Crippen molar-refractivity contribution in [2.45, 2.75) is 44.1 Å². The fourth-order valence-corrected chi connectivity index (χ4v) is 6.00. The number of halogens is 1. The van der Waals surface area contributed by atoms with E-state index in [1.165, 1.54) is 19.3 Å². The zero-order valence-electron chi connectivity index (χ0n) is 15.8. The molecule has 4 aliphatic rings. The fraction of sp³-hybridized carbons (Fsp3) is 0.619. The standard InChI is InChI=1S/C21H28ClN3O2/c1-25(12-19(26)23-18-4-2-17(22)3-5-18)13-20(27)24-21-9-14-6-15(10-21)8-16(7-14)11-21/h2-5,14-16H,6-13H2,1H3,(H,23,26)(H,24,27). The Morgan fingerprint density at radius 3 is 2.07 bits per heavy atom. The van der Waals surface area contributed by atoms with Crippen molar-refractivity contribution in [2.24, 2.45) is 17.8 Å². The van der Waals surface area contributed by atoms with Crippen molar-refractivity contribution in [3.63, 3.8) is 0 Å². The molecule has 0 atom stereocenters. The average molecular weight is 390 g/mol. The number of hydrogen-bond donors (Lipinski definition) is 2. The molecule has 0 unspecified atom stereocenters. The van der Waals surface area contributed by atoms with Gasteiger partial charge < -0.3 is 10.6 Å². The first-order valence-electron chi connectivity index (χ1n) is 9.94. The van der Waals surface area contributed by atoms with Gasteiger partial charge in [0.25, 0.3) is 0 Å². The monoisotopic (exact) mass is 389 g/mol. The van der Waals surface area contributed by atoms with Gasteiger partial charge in [0.15, 0.2) is 0 Å². The smallest absolute Gasteiger partial charge is 0.238 e. The normalized spacial score (nSPS) is 31.1. The number of nitrogens with one attached hydrogen (secondary N) is 2. The summed E-state index contributed by atoms with van der Waals surface area (Å²) in [5.74, 6) is 2.32. The zero-order valence-corrected chi connectivity index (χ0v) is 16.6. The Hall–Kier alpha value is -1.59. The Kier molecular flexibility index (Phi) is 5.17. The van der Waals surface area contributed by atoms with Crippen molar-refractivity contribution in [2.75, 3.05) is 25.5 Å². The predicted octanol–water partition coefficient (Wildman–Crippen LogP) is 3.30. The maximum Gasteiger partial charge on any atom is 0.238 e. The van der Waals surface area contributed by atoms with Crippen LogP contribution in [0.3, 0.4) is 0 Å². The van der Waals surface area contributed by atoms with Crippen molar-refractivity contribution in [1.29, 1.82) is 0 Å². The van der Waals surface area contributed by atoms with Gasteiger partial charge in [0.05, 0.1) is 13.1 Å². The molecule has 5 nitrogen and oxygen atoms in total. The molecular weight excluding hydrogens is 362 g/mol. The summed E-state index contributed by atoms with van der Waals surface area (Å²) in [5, 5.41) is 6.82. The summed E-state index contributed by atoms with van der Waals surface area (Å²) < 4.78 is 0. The van der Waals surface area contributed by atoms with E-state index in [-0.39, 0.29) is 30.4 Å². The van der Waals surface area contributed by atoms with Crippen LogP contribution < -0.4 is 10.6 Å². The number of carbonyl (C=O) groups excluding carboxylic acids is 2. The molecule has 27 heavy (non-hydrogen) atoms. The Balaban J connectivity index is 1.25. The van der Waals surface area contributed by atoms with E-state index in [1.807, 2.05) is 0 Å². The zero-order chi connectivity index (χ0) is 19.0. The van der Waals surface area contributed by atoms with Gasteiger partial charge in [0.2, 0.25) is 11.8 Å². The Morgan fingerprint density at radius 1 is 1.00 bits per heavy atom. The lowest BCUT2D eigenvalue weighted by atomic mass is 9.53. The lowest BCUT2D eigenvalue weighted by Crippen LogP contribution is -2.61. The van der Waals surface area contributed by atoms with Crippen LogP contribution in [-0.4, -0.2) is 42.4 Å². The minimum Gasteiger partial charge on any atom is -0.350 e. The molecule has 0 aromatic heterocycles. The lowest BCUT2D eigenvalue weighted by molar-refractivity contribution is -0.128. The van der Waals surface area contributed by atoms with Crippen LogP contribution in [0.4, 0.5) is 5.69 Å². The highest BCUT2D eigenvalue weighted by atomic mass is 35.5. The van der Waals surface area contributed by atoms with Gasteiger partial charge in [-0.25, -0.2) is 0 Å². The highest BCUT2D eigenvalue weighted by Gasteiger charge is 2.51. The Morgan fingerprint density at radius 2 is 1.52 bits per heavy atom. The first-order valence-corrected chi connectivity index (χ1v) is 10.3. The summed E-state index contributed by atoms with van der Waals surface area (Å²) in [6.45, 7) is 0.423. The van der Waals surface area contributed by atoms with Crippen LogP contribution in [0.25, 0.3) is 0 Å². The van der Waals surface area contributed by atoms with Crippen LogP contribution >= 0.6 is 11.6 Å². The second-order valence-electron chi connectivity index (χ2n) is 8.97. The molecule has 4 fully saturated rings. The van der Waals surface area contributed by atoms with Crippen molar-refractivity contribution < 1.29 is 9.59 Å². The van der Waals surface area contributed by atoms with E-state index >= 15 is 0 Å². The minimum absolute atomic E-state index is 0.0260. The molecular formula is C21H28ClN3O2. The van der Waals surface area contributed by atoms with Gasteiger partial charge >= 0.3 is 0 Å². The van der Waals surface area contributed by atoms with E-state index in [2.05, 4.69) is 10.6 Å². The highest BCUT2D eigenvalue weighted by Crippen LogP contribution is 2.55. The number of benzene rings is 1. The number of likely N-dealkylation sites (N-methyl/N-ethyl adjacent to an activating group) is 1. The van der Waals surface area contributed by atoms with E-state index < -0.39 is 0 Å². The van der Waals surface area contributed by atoms with E-state index in [0.717, 1.165) is 37.0 Å². The summed E-state index contributed by atoms with van der Waals surface area (Å²) >= 11 is 5.85. The molecule has 5 rings (SSSR count). The molecule has 146 valence electrons. The number of amides is 2. The number of hydrogen-bond acceptors (Lipinski definition) is 3. The van der Waals surface area contributed by atoms with Crippen LogP contribution in [0.15, 0.2) is 24.3 Å². The van der Waals surface area contributed by atoms with E-state index in [4.69, 9.17) is 11.6 Å².